The van der Waals surface area contributed by atoms with E-state index in [4.69, 9.17) is 10.5 Å². The molecule has 28 heavy (non-hydrogen) atoms. The van der Waals surface area contributed by atoms with Crippen LogP contribution in [0.3, 0.4) is 0 Å². The van der Waals surface area contributed by atoms with Crippen molar-refractivity contribution in [3.05, 3.63) is 0 Å². The molecule has 0 aromatic rings. The predicted octanol–water partition coefficient (Wildman–Crippen LogP) is 3.13. The van der Waals surface area contributed by atoms with Gasteiger partial charge in [-0.25, -0.2) is 0 Å². The lowest BCUT2D eigenvalue weighted by atomic mass is 9.65. The number of hydrogen-bond donors (Lipinski definition) is 2. The summed E-state index contributed by atoms with van der Waals surface area (Å²) in [5.74, 6) is 1.63. The molecule has 0 aromatic carbocycles. The van der Waals surface area contributed by atoms with Gasteiger partial charge in [0.05, 0.1) is 13.2 Å². The van der Waals surface area contributed by atoms with E-state index >= 15 is 0 Å². The van der Waals surface area contributed by atoms with Gasteiger partial charge in [-0.15, -0.1) is 24.8 Å². The van der Waals surface area contributed by atoms with Crippen LogP contribution < -0.4 is 11.1 Å². The third-order valence-corrected chi connectivity index (χ3v) is 7.84. The molecular weight excluding hydrogens is 397 g/mol. The molecule has 5 nitrogen and oxygen atoms in total. The molecule has 3 saturated carbocycles. The summed E-state index contributed by atoms with van der Waals surface area (Å²) in [7, 11) is 0. The summed E-state index contributed by atoms with van der Waals surface area (Å²) in [6.45, 7) is 4.51. The van der Waals surface area contributed by atoms with E-state index in [2.05, 4.69) is 10.2 Å². The molecule has 7 heteroatoms. The lowest BCUT2D eigenvalue weighted by molar-refractivity contribution is -0.129. The second kappa shape index (κ2) is 10.8. The molecule has 1 saturated heterocycles. The zero-order chi connectivity index (χ0) is 18.0. The number of rotatable bonds is 4. The fourth-order valence-electron chi connectivity index (χ4n) is 6.25. The van der Waals surface area contributed by atoms with Gasteiger partial charge in [0.15, 0.2) is 0 Å². The van der Waals surface area contributed by atoms with Gasteiger partial charge in [-0.2, -0.15) is 0 Å². The van der Waals surface area contributed by atoms with Crippen LogP contribution in [0.4, 0.5) is 0 Å². The van der Waals surface area contributed by atoms with E-state index in [-0.39, 0.29) is 36.3 Å². The highest BCUT2D eigenvalue weighted by atomic mass is 35.5. The number of hydrogen-bond acceptors (Lipinski definition) is 4. The molecule has 4 rings (SSSR count). The van der Waals surface area contributed by atoms with Crippen LogP contribution in [0.5, 0.6) is 0 Å². The van der Waals surface area contributed by atoms with Crippen molar-refractivity contribution in [1.82, 2.24) is 10.2 Å². The third kappa shape index (κ3) is 5.15. The number of halogens is 2. The van der Waals surface area contributed by atoms with Gasteiger partial charge in [0, 0.05) is 37.1 Å². The van der Waals surface area contributed by atoms with Gasteiger partial charge in [-0.05, 0) is 50.4 Å². The summed E-state index contributed by atoms with van der Waals surface area (Å²) in [5, 5.41) is 3.40. The Morgan fingerprint density at radius 1 is 1.00 bits per heavy atom. The molecule has 0 spiro atoms. The van der Waals surface area contributed by atoms with Crippen molar-refractivity contribution in [2.24, 2.45) is 23.5 Å². The monoisotopic (exact) mass is 435 g/mol. The summed E-state index contributed by atoms with van der Waals surface area (Å²) in [4.78, 5) is 15.6. The van der Waals surface area contributed by atoms with Gasteiger partial charge in [-0.1, -0.05) is 25.7 Å². The van der Waals surface area contributed by atoms with E-state index in [0.29, 0.717) is 23.8 Å². The van der Waals surface area contributed by atoms with E-state index in [1.165, 1.54) is 51.4 Å². The molecule has 1 aliphatic heterocycles. The number of carbonyl (C=O) groups excluding carboxylic acids is 1. The van der Waals surface area contributed by atoms with Crippen LogP contribution >= 0.6 is 24.8 Å². The highest BCUT2D eigenvalue weighted by Crippen LogP contribution is 2.42. The molecule has 4 aliphatic rings. The molecule has 0 aromatic heterocycles. The minimum absolute atomic E-state index is 0. The van der Waals surface area contributed by atoms with E-state index < -0.39 is 0 Å². The van der Waals surface area contributed by atoms with E-state index in [9.17, 15) is 4.79 Å². The zero-order valence-electron chi connectivity index (χ0n) is 17.1. The number of nitrogens with zero attached hydrogens (tertiary/aromatic N) is 1. The average Bonchev–Trinajstić information content (AvgIpc) is 2.67. The lowest BCUT2D eigenvalue weighted by Gasteiger charge is -2.48. The van der Waals surface area contributed by atoms with Crippen molar-refractivity contribution >= 4 is 30.7 Å². The first-order chi connectivity index (χ1) is 12.7. The Morgan fingerprint density at radius 3 is 2.21 bits per heavy atom. The molecule has 2 unspecified atom stereocenters. The predicted molar refractivity (Wildman–Crippen MR) is 117 cm³/mol. The summed E-state index contributed by atoms with van der Waals surface area (Å²) in [6, 6.07) is 0.339. The van der Waals surface area contributed by atoms with Gasteiger partial charge in [0.25, 0.3) is 0 Å². The van der Waals surface area contributed by atoms with E-state index in [1.807, 2.05) is 0 Å². The SMILES string of the molecule is Cl.Cl.NC1C2CCCC1CC(C(=O)NCC1(N3CCOCC3)CCCCC1)C2. The van der Waals surface area contributed by atoms with Gasteiger partial charge < -0.3 is 15.8 Å². The Bertz CT molecular complexity index is 482. The van der Waals surface area contributed by atoms with Crippen LogP contribution in [-0.2, 0) is 9.53 Å². The average molecular weight is 436 g/mol. The van der Waals surface area contributed by atoms with E-state index in [0.717, 1.165) is 45.7 Å². The summed E-state index contributed by atoms with van der Waals surface area (Å²) < 4.78 is 5.57. The Balaban J connectivity index is 0.00000140. The molecule has 1 heterocycles. The van der Waals surface area contributed by atoms with Crippen molar-refractivity contribution in [3.8, 4) is 0 Å². The van der Waals surface area contributed by atoms with Crippen LogP contribution in [0.15, 0.2) is 0 Å². The second-order valence-electron chi connectivity index (χ2n) is 9.30. The minimum Gasteiger partial charge on any atom is -0.379 e. The number of ether oxygens (including phenoxy) is 1. The fourth-order valence-corrected chi connectivity index (χ4v) is 6.25. The number of fused-ring (bicyclic) bond motifs is 2. The largest absolute Gasteiger partial charge is 0.379 e. The number of morpholine rings is 1. The summed E-state index contributed by atoms with van der Waals surface area (Å²) >= 11 is 0. The van der Waals surface area contributed by atoms with Gasteiger partial charge in [-0.3, -0.25) is 9.69 Å². The third-order valence-electron chi connectivity index (χ3n) is 7.84. The first-order valence-corrected chi connectivity index (χ1v) is 11.0. The minimum atomic E-state index is 0. The fraction of sp³-hybridized carbons (Fsp3) is 0.952. The molecule has 0 radical (unpaired) electrons. The Morgan fingerprint density at radius 2 is 1.61 bits per heavy atom. The number of carbonyl (C=O) groups is 1. The molecular formula is C21H39Cl2N3O2. The first-order valence-electron chi connectivity index (χ1n) is 11.0. The van der Waals surface area contributed by atoms with Crippen molar-refractivity contribution in [1.29, 1.82) is 0 Å². The van der Waals surface area contributed by atoms with Gasteiger partial charge in [0.2, 0.25) is 5.91 Å². The number of nitrogens with one attached hydrogen (secondary N) is 1. The Kier molecular flexibility index (Phi) is 9.34. The van der Waals surface area contributed by atoms with Crippen molar-refractivity contribution in [2.45, 2.75) is 75.8 Å². The Hall–Kier alpha value is -0.0700. The highest BCUT2D eigenvalue weighted by molar-refractivity contribution is 5.85. The van der Waals surface area contributed by atoms with E-state index in [1.54, 1.807) is 0 Å². The summed E-state index contributed by atoms with van der Waals surface area (Å²) in [5.41, 5.74) is 6.57. The number of nitrogens with two attached hydrogens (primary N) is 1. The zero-order valence-corrected chi connectivity index (χ0v) is 18.7. The number of amides is 1. The van der Waals surface area contributed by atoms with Crippen LogP contribution in [0.2, 0.25) is 0 Å². The normalized spacial score (nSPS) is 35.2. The van der Waals surface area contributed by atoms with Crippen LogP contribution in [-0.4, -0.2) is 55.2 Å². The standard InChI is InChI=1S/C21H37N3O2.2ClH/c22-19-16-5-4-6-17(19)14-18(13-16)20(25)23-15-21(7-2-1-3-8-21)24-9-11-26-12-10-24;;/h16-19H,1-15,22H2,(H,23,25);2*1H. The quantitative estimate of drug-likeness (QED) is 0.711. The molecule has 4 fully saturated rings. The molecule has 164 valence electrons. The molecule has 2 atom stereocenters. The van der Waals surface area contributed by atoms with Crippen LogP contribution in [0.25, 0.3) is 0 Å². The molecule has 3 aliphatic carbocycles. The van der Waals surface area contributed by atoms with Crippen LogP contribution in [0, 0.1) is 17.8 Å². The smallest absolute Gasteiger partial charge is 0.223 e. The lowest BCUT2D eigenvalue weighted by Crippen LogP contribution is -2.60. The van der Waals surface area contributed by atoms with Gasteiger partial charge >= 0.3 is 0 Å². The van der Waals surface area contributed by atoms with Crippen molar-refractivity contribution in [3.63, 3.8) is 0 Å². The first kappa shape index (κ1) is 24.2. The van der Waals surface area contributed by atoms with Gasteiger partial charge in [0.1, 0.15) is 0 Å². The van der Waals surface area contributed by atoms with Crippen molar-refractivity contribution in [2.75, 3.05) is 32.8 Å². The molecule has 3 N–H and O–H groups in total. The van der Waals surface area contributed by atoms with Crippen LogP contribution in [0.1, 0.15) is 64.2 Å². The molecule has 1 amide bonds. The Labute approximate surface area is 182 Å². The second-order valence-corrected chi connectivity index (χ2v) is 9.30. The molecule has 2 bridgehead atoms. The highest BCUT2D eigenvalue weighted by Gasteiger charge is 2.42. The summed E-state index contributed by atoms with van der Waals surface area (Å²) in [6.07, 6.45) is 12.1. The maximum absolute atomic E-state index is 13.0. The maximum Gasteiger partial charge on any atom is 0.223 e. The van der Waals surface area contributed by atoms with Crippen molar-refractivity contribution < 1.29 is 9.53 Å². The maximum atomic E-state index is 13.0. The topological polar surface area (TPSA) is 67.6 Å².